The molecule has 1 atom stereocenters. The van der Waals surface area contributed by atoms with Crippen molar-refractivity contribution >= 4 is 23.4 Å². The molecule has 3 heteroatoms. The van der Waals surface area contributed by atoms with E-state index in [0.717, 1.165) is 10.5 Å². The minimum absolute atomic E-state index is 0.176. The van der Waals surface area contributed by atoms with Crippen molar-refractivity contribution in [2.24, 2.45) is 0 Å². The van der Waals surface area contributed by atoms with Crippen LogP contribution in [0, 0.1) is 0 Å². The van der Waals surface area contributed by atoms with Crippen molar-refractivity contribution in [3.05, 3.63) is 28.8 Å². The molecule has 1 rings (SSSR count). The van der Waals surface area contributed by atoms with Gasteiger partial charge in [0.25, 0.3) is 0 Å². The van der Waals surface area contributed by atoms with Crippen molar-refractivity contribution in [3.63, 3.8) is 0 Å². The number of halogens is 1. The van der Waals surface area contributed by atoms with Gasteiger partial charge in [0.1, 0.15) is 0 Å². The van der Waals surface area contributed by atoms with Crippen molar-refractivity contribution in [2.45, 2.75) is 43.4 Å². The predicted molar refractivity (Wildman–Crippen MR) is 67.7 cm³/mol. The highest BCUT2D eigenvalue weighted by Gasteiger charge is 2.14. The van der Waals surface area contributed by atoms with E-state index in [9.17, 15) is 5.11 Å². The van der Waals surface area contributed by atoms with Crippen LogP contribution in [0.15, 0.2) is 23.1 Å². The van der Waals surface area contributed by atoms with E-state index >= 15 is 0 Å². The fourth-order valence-electron chi connectivity index (χ4n) is 1.26. The van der Waals surface area contributed by atoms with Gasteiger partial charge in [0.2, 0.25) is 0 Å². The van der Waals surface area contributed by atoms with Gasteiger partial charge in [0.15, 0.2) is 0 Å². The molecule has 0 aromatic heterocycles. The SMILES string of the molecule is CC(O)c1ccc(SC(C)(C)C)cc1Cl. The van der Waals surface area contributed by atoms with Crippen LogP contribution in [-0.4, -0.2) is 9.85 Å². The first-order valence-corrected chi connectivity index (χ1v) is 6.15. The number of thioether (sulfide) groups is 1. The second-order valence-electron chi connectivity index (χ2n) is 4.57. The number of hydrogen-bond donors (Lipinski definition) is 1. The third kappa shape index (κ3) is 4.06. The van der Waals surface area contributed by atoms with Crippen LogP contribution in [0.4, 0.5) is 0 Å². The highest BCUT2D eigenvalue weighted by Crippen LogP contribution is 2.35. The Hall–Kier alpha value is -0.180. The van der Waals surface area contributed by atoms with Crippen molar-refractivity contribution in [1.29, 1.82) is 0 Å². The Labute approximate surface area is 101 Å². The Morgan fingerprint density at radius 1 is 1.33 bits per heavy atom. The maximum Gasteiger partial charge on any atom is 0.0776 e. The van der Waals surface area contributed by atoms with E-state index in [0.29, 0.717) is 5.02 Å². The van der Waals surface area contributed by atoms with E-state index < -0.39 is 6.10 Å². The van der Waals surface area contributed by atoms with Gasteiger partial charge in [-0.3, -0.25) is 0 Å². The molecule has 0 heterocycles. The highest BCUT2D eigenvalue weighted by atomic mass is 35.5. The lowest BCUT2D eigenvalue weighted by atomic mass is 10.1. The first-order valence-electron chi connectivity index (χ1n) is 4.96. The number of benzene rings is 1. The summed E-state index contributed by atoms with van der Waals surface area (Å²) in [6.07, 6.45) is -0.508. The fraction of sp³-hybridized carbons (Fsp3) is 0.500. The number of aliphatic hydroxyl groups is 1. The molecule has 0 spiro atoms. The molecule has 15 heavy (non-hydrogen) atoms. The van der Waals surface area contributed by atoms with Crippen molar-refractivity contribution in [2.75, 3.05) is 0 Å². The smallest absolute Gasteiger partial charge is 0.0776 e. The molecule has 0 aliphatic carbocycles. The Balaban J connectivity index is 2.92. The third-order valence-corrected chi connectivity index (χ3v) is 3.28. The Bertz CT molecular complexity index is 342. The van der Waals surface area contributed by atoms with Gasteiger partial charge < -0.3 is 5.11 Å². The summed E-state index contributed by atoms with van der Waals surface area (Å²) in [5, 5.41) is 10.1. The largest absolute Gasteiger partial charge is 0.389 e. The molecule has 1 aromatic rings. The van der Waals surface area contributed by atoms with Crippen LogP contribution in [0.5, 0.6) is 0 Å². The van der Waals surface area contributed by atoms with E-state index in [-0.39, 0.29) is 4.75 Å². The van der Waals surface area contributed by atoms with Crippen molar-refractivity contribution < 1.29 is 5.11 Å². The number of hydrogen-bond acceptors (Lipinski definition) is 2. The lowest BCUT2D eigenvalue weighted by Gasteiger charge is -2.18. The standard InChI is InChI=1S/C12H17ClOS/c1-8(14)10-6-5-9(7-11(10)13)15-12(2,3)4/h5-8,14H,1-4H3. The number of rotatable bonds is 2. The molecule has 0 aliphatic heterocycles. The van der Waals surface area contributed by atoms with Gasteiger partial charge >= 0.3 is 0 Å². The molecule has 0 fully saturated rings. The lowest BCUT2D eigenvalue weighted by Crippen LogP contribution is -2.06. The molecule has 1 unspecified atom stereocenters. The number of aliphatic hydroxyl groups excluding tert-OH is 1. The first-order chi connectivity index (χ1) is 6.79. The van der Waals surface area contributed by atoms with Gasteiger partial charge in [-0.2, -0.15) is 0 Å². The maximum atomic E-state index is 9.44. The van der Waals surface area contributed by atoms with Crippen LogP contribution < -0.4 is 0 Å². The molecule has 1 nitrogen and oxygen atoms in total. The molecule has 0 saturated heterocycles. The topological polar surface area (TPSA) is 20.2 Å². The highest BCUT2D eigenvalue weighted by molar-refractivity contribution is 8.00. The quantitative estimate of drug-likeness (QED) is 0.784. The molecule has 0 bridgehead atoms. The Kier molecular flexibility index (Phi) is 4.10. The van der Waals surface area contributed by atoms with Crippen LogP contribution in [0.3, 0.4) is 0 Å². The van der Waals surface area contributed by atoms with Crippen LogP contribution in [-0.2, 0) is 0 Å². The maximum absolute atomic E-state index is 9.44. The zero-order valence-corrected chi connectivity index (χ0v) is 11.1. The van der Waals surface area contributed by atoms with E-state index in [2.05, 4.69) is 20.8 Å². The van der Waals surface area contributed by atoms with Crippen molar-refractivity contribution in [3.8, 4) is 0 Å². The average Bonchev–Trinajstić information content (AvgIpc) is 1.99. The second-order valence-corrected chi connectivity index (χ2v) is 6.88. The normalized spacial score (nSPS) is 14.0. The lowest BCUT2D eigenvalue weighted by molar-refractivity contribution is 0.199. The Morgan fingerprint density at radius 3 is 2.33 bits per heavy atom. The molecule has 1 aromatic carbocycles. The van der Waals surface area contributed by atoms with Gasteiger partial charge in [-0.1, -0.05) is 38.4 Å². The molecule has 0 aliphatic rings. The van der Waals surface area contributed by atoms with E-state index in [4.69, 9.17) is 11.6 Å². The summed E-state index contributed by atoms with van der Waals surface area (Å²) in [6, 6.07) is 5.81. The summed E-state index contributed by atoms with van der Waals surface area (Å²) < 4.78 is 0.176. The summed E-state index contributed by atoms with van der Waals surface area (Å²) in [5.74, 6) is 0. The monoisotopic (exact) mass is 244 g/mol. The zero-order valence-electron chi connectivity index (χ0n) is 9.54. The predicted octanol–water partition coefficient (Wildman–Crippen LogP) is 4.28. The van der Waals surface area contributed by atoms with Crippen LogP contribution in [0.2, 0.25) is 5.02 Å². The molecular weight excluding hydrogens is 228 g/mol. The van der Waals surface area contributed by atoms with Crippen LogP contribution in [0.1, 0.15) is 39.4 Å². The van der Waals surface area contributed by atoms with Gasteiger partial charge in [-0.05, 0) is 24.6 Å². The summed E-state index contributed by atoms with van der Waals surface area (Å²) >= 11 is 7.85. The molecule has 0 saturated carbocycles. The van der Waals surface area contributed by atoms with E-state index in [1.807, 2.05) is 18.2 Å². The van der Waals surface area contributed by atoms with Crippen LogP contribution >= 0.6 is 23.4 Å². The van der Waals surface area contributed by atoms with E-state index in [1.165, 1.54) is 0 Å². The van der Waals surface area contributed by atoms with Crippen molar-refractivity contribution in [1.82, 2.24) is 0 Å². The molecular formula is C12H17ClOS. The first kappa shape index (κ1) is 12.9. The Morgan fingerprint density at radius 2 is 1.93 bits per heavy atom. The molecule has 0 radical (unpaired) electrons. The average molecular weight is 245 g/mol. The second kappa shape index (κ2) is 4.77. The summed E-state index contributed by atoms with van der Waals surface area (Å²) in [7, 11) is 0. The summed E-state index contributed by atoms with van der Waals surface area (Å²) in [4.78, 5) is 1.14. The minimum Gasteiger partial charge on any atom is -0.389 e. The van der Waals surface area contributed by atoms with Gasteiger partial charge in [-0.25, -0.2) is 0 Å². The molecule has 0 amide bonds. The minimum atomic E-state index is -0.508. The zero-order chi connectivity index (χ0) is 11.6. The van der Waals surface area contributed by atoms with Gasteiger partial charge in [-0.15, -0.1) is 11.8 Å². The molecule has 84 valence electrons. The van der Waals surface area contributed by atoms with Gasteiger partial charge in [0, 0.05) is 14.7 Å². The third-order valence-electron chi connectivity index (χ3n) is 1.85. The van der Waals surface area contributed by atoms with Crippen LogP contribution in [0.25, 0.3) is 0 Å². The summed E-state index contributed by atoms with van der Waals surface area (Å²) in [6.45, 7) is 8.20. The molecule has 1 N–H and O–H groups in total. The van der Waals surface area contributed by atoms with E-state index in [1.54, 1.807) is 18.7 Å². The fourth-order valence-corrected chi connectivity index (χ4v) is 2.69. The van der Waals surface area contributed by atoms with Gasteiger partial charge in [0.05, 0.1) is 6.10 Å². The summed E-state index contributed by atoms with van der Waals surface area (Å²) in [5.41, 5.74) is 0.787.